The fourth-order valence-electron chi connectivity index (χ4n) is 2.02. The summed E-state index contributed by atoms with van der Waals surface area (Å²) in [4.78, 5) is 23.5. The van der Waals surface area contributed by atoms with Crippen molar-refractivity contribution < 1.29 is 18.7 Å². The van der Waals surface area contributed by atoms with Crippen LogP contribution in [0.2, 0.25) is 0 Å². The third-order valence-electron chi connectivity index (χ3n) is 3.31. The Bertz CT molecular complexity index is 674. The van der Waals surface area contributed by atoms with E-state index in [1.165, 1.54) is 12.1 Å². The summed E-state index contributed by atoms with van der Waals surface area (Å²) in [5.41, 5.74) is 0.781. The molecule has 0 aromatic heterocycles. The molecule has 6 heteroatoms. The van der Waals surface area contributed by atoms with Crippen LogP contribution in [0.15, 0.2) is 54.6 Å². The minimum absolute atomic E-state index is 0.150. The maximum atomic E-state index is 12.9. The van der Waals surface area contributed by atoms with Gasteiger partial charge in [-0.1, -0.05) is 30.3 Å². The van der Waals surface area contributed by atoms with Crippen LogP contribution in [0.4, 0.5) is 4.39 Å². The largest absolute Gasteiger partial charge is 0.484 e. The minimum Gasteiger partial charge on any atom is -0.484 e. The predicted molar refractivity (Wildman–Crippen MR) is 87.9 cm³/mol. The molecule has 0 aliphatic rings. The van der Waals surface area contributed by atoms with Gasteiger partial charge in [0.1, 0.15) is 11.6 Å². The van der Waals surface area contributed by atoms with Crippen molar-refractivity contribution in [3.8, 4) is 5.75 Å². The highest BCUT2D eigenvalue weighted by atomic mass is 19.1. The molecule has 0 bridgehead atoms. The summed E-state index contributed by atoms with van der Waals surface area (Å²) in [6, 6.07) is 14.5. The van der Waals surface area contributed by atoms with E-state index in [0.29, 0.717) is 5.75 Å². The Morgan fingerprint density at radius 3 is 2.38 bits per heavy atom. The number of amides is 2. The number of hydrogen-bond acceptors (Lipinski definition) is 3. The molecular weight excluding hydrogens is 311 g/mol. The SMILES string of the molecule is CC(NC(=O)CNC(=O)COc1ccccc1)c1ccc(F)cc1. The van der Waals surface area contributed by atoms with Crippen molar-refractivity contribution in [1.82, 2.24) is 10.6 Å². The monoisotopic (exact) mass is 330 g/mol. The summed E-state index contributed by atoms with van der Waals surface area (Å²) in [6.07, 6.45) is 0. The average molecular weight is 330 g/mol. The van der Waals surface area contributed by atoms with Crippen LogP contribution in [0, 0.1) is 5.82 Å². The maximum Gasteiger partial charge on any atom is 0.258 e. The van der Waals surface area contributed by atoms with Gasteiger partial charge in [0, 0.05) is 0 Å². The molecule has 0 saturated heterocycles. The van der Waals surface area contributed by atoms with E-state index in [9.17, 15) is 14.0 Å². The van der Waals surface area contributed by atoms with Crippen LogP contribution >= 0.6 is 0 Å². The number of rotatable bonds is 7. The molecule has 0 aliphatic carbocycles. The second-order valence-electron chi connectivity index (χ2n) is 5.22. The highest BCUT2D eigenvalue weighted by Crippen LogP contribution is 2.12. The van der Waals surface area contributed by atoms with Crippen molar-refractivity contribution in [3.05, 3.63) is 66.0 Å². The molecule has 126 valence electrons. The zero-order valence-corrected chi connectivity index (χ0v) is 13.3. The molecule has 0 radical (unpaired) electrons. The Kier molecular flexibility index (Phi) is 6.31. The molecule has 2 rings (SSSR count). The summed E-state index contributed by atoms with van der Waals surface area (Å²) in [5, 5.41) is 5.21. The molecule has 0 heterocycles. The van der Waals surface area contributed by atoms with E-state index in [1.807, 2.05) is 6.07 Å². The molecule has 2 N–H and O–H groups in total. The molecule has 0 fully saturated rings. The van der Waals surface area contributed by atoms with Crippen molar-refractivity contribution in [2.24, 2.45) is 0 Å². The lowest BCUT2D eigenvalue weighted by atomic mass is 10.1. The van der Waals surface area contributed by atoms with Gasteiger partial charge >= 0.3 is 0 Å². The van der Waals surface area contributed by atoms with E-state index >= 15 is 0 Å². The van der Waals surface area contributed by atoms with Crippen molar-refractivity contribution >= 4 is 11.8 Å². The van der Waals surface area contributed by atoms with Gasteiger partial charge in [0.25, 0.3) is 5.91 Å². The van der Waals surface area contributed by atoms with Gasteiger partial charge < -0.3 is 15.4 Å². The van der Waals surface area contributed by atoms with E-state index in [2.05, 4.69) is 10.6 Å². The molecule has 2 amide bonds. The van der Waals surface area contributed by atoms with Gasteiger partial charge in [-0.25, -0.2) is 4.39 Å². The van der Waals surface area contributed by atoms with Gasteiger partial charge in [0.15, 0.2) is 6.61 Å². The van der Waals surface area contributed by atoms with Crippen LogP contribution in [0.5, 0.6) is 5.75 Å². The number of carbonyl (C=O) groups is 2. The first-order valence-electron chi connectivity index (χ1n) is 7.54. The summed E-state index contributed by atoms with van der Waals surface area (Å²) in [7, 11) is 0. The first kappa shape index (κ1) is 17.5. The van der Waals surface area contributed by atoms with E-state index in [0.717, 1.165) is 5.56 Å². The summed E-state index contributed by atoms with van der Waals surface area (Å²) < 4.78 is 18.2. The van der Waals surface area contributed by atoms with E-state index in [4.69, 9.17) is 4.74 Å². The van der Waals surface area contributed by atoms with Crippen LogP contribution in [0.25, 0.3) is 0 Å². The quantitative estimate of drug-likeness (QED) is 0.818. The Morgan fingerprint density at radius 2 is 1.71 bits per heavy atom. The van der Waals surface area contributed by atoms with Crippen LogP contribution < -0.4 is 15.4 Å². The zero-order valence-electron chi connectivity index (χ0n) is 13.3. The molecule has 0 spiro atoms. The second kappa shape index (κ2) is 8.67. The van der Waals surface area contributed by atoms with E-state index < -0.39 is 0 Å². The topological polar surface area (TPSA) is 67.4 Å². The Balaban J connectivity index is 1.70. The van der Waals surface area contributed by atoms with Crippen molar-refractivity contribution in [3.63, 3.8) is 0 Å². The average Bonchev–Trinajstić information content (AvgIpc) is 2.59. The molecule has 2 aromatic carbocycles. The summed E-state index contributed by atoms with van der Waals surface area (Å²) >= 11 is 0. The summed E-state index contributed by atoms with van der Waals surface area (Å²) in [5.74, 6) is -0.465. The van der Waals surface area contributed by atoms with Crippen LogP contribution in [0.1, 0.15) is 18.5 Å². The lowest BCUT2D eigenvalue weighted by Crippen LogP contribution is -2.39. The Labute approximate surface area is 139 Å². The van der Waals surface area contributed by atoms with E-state index in [1.54, 1.807) is 43.3 Å². The Morgan fingerprint density at radius 1 is 1.04 bits per heavy atom. The first-order valence-corrected chi connectivity index (χ1v) is 7.54. The van der Waals surface area contributed by atoms with Crippen molar-refractivity contribution in [2.45, 2.75) is 13.0 Å². The number of para-hydroxylation sites is 1. The minimum atomic E-state index is -0.386. The predicted octanol–water partition coefficient (Wildman–Crippen LogP) is 2.20. The van der Waals surface area contributed by atoms with Crippen LogP contribution in [0.3, 0.4) is 0 Å². The molecule has 0 saturated carbocycles. The third kappa shape index (κ3) is 5.72. The normalized spacial score (nSPS) is 11.4. The van der Waals surface area contributed by atoms with Crippen molar-refractivity contribution in [1.29, 1.82) is 0 Å². The smallest absolute Gasteiger partial charge is 0.258 e. The fraction of sp³-hybridized carbons (Fsp3) is 0.222. The Hall–Kier alpha value is -2.89. The number of hydrogen-bond donors (Lipinski definition) is 2. The van der Waals surface area contributed by atoms with Gasteiger partial charge in [0.05, 0.1) is 12.6 Å². The number of nitrogens with one attached hydrogen (secondary N) is 2. The number of halogens is 1. The third-order valence-corrected chi connectivity index (χ3v) is 3.31. The molecule has 1 atom stereocenters. The van der Waals surface area contributed by atoms with Gasteiger partial charge in [-0.2, -0.15) is 0 Å². The molecule has 5 nitrogen and oxygen atoms in total. The molecule has 24 heavy (non-hydrogen) atoms. The van der Waals surface area contributed by atoms with Crippen LogP contribution in [-0.2, 0) is 9.59 Å². The molecular formula is C18H19FN2O3. The number of carbonyl (C=O) groups excluding carboxylic acids is 2. The number of benzene rings is 2. The van der Waals surface area contributed by atoms with Gasteiger partial charge in [-0.15, -0.1) is 0 Å². The second-order valence-corrected chi connectivity index (χ2v) is 5.22. The first-order chi connectivity index (χ1) is 11.5. The van der Waals surface area contributed by atoms with Gasteiger partial charge in [-0.05, 0) is 36.8 Å². The van der Waals surface area contributed by atoms with Crippen LogP contribution in [-0.4, -0.2) is 25.0 Å². The highest BCUT2D eigenvalue weighted by Gasteiger charge is 2.11. The molecule has 1 unspecified atom stereocenters. The fourth-order valence-corrected chi connectivity index (χ4v) is 2.02. The maximum absolute atomic E-state index is 12.9. The van der Waals surface area contributed by atoms with Crippen molar-refractivity contribution in [2.75, 3.05) is 13.2 Å². The summed E-state index contributed by atoms with van der Waals surface area (Å²) in [6.45, 7) is 1.47. The molecule has 0 aliphatic heterocycles. The van der Waals surface area contributed by atoms with E-state index in [-0.39, 0.29) is 36.8 Å². The lowest BCUT2D eigenvalue weighted by Gasteiger charge is -2.14. The lowest BCUT2D eigenvalue weighted by molar-refractivity contribution is -0.127. The van der Waals surface area contributed by atoms with Gasteiger partial charge in [-0.3, -0.25) is 9.59 Å². The van der Waals surface area contributed by atoms with Gasteiger partial charge in [0.2, 0.25) is 5.91 Å². The zero-order chi connectivity index (χ0) is 17.4. The highest BCUT2D eigenvalue weighted by molar-refractivity contribution is 5.85. The standard InChI is InChI=1S/C18H19FN2O3/c1-13(14-7-9-15(19)10-8-14)21-17(22)11-20-18(23)12-24-16-5-3-2-4-6-16/h2-10,13H,11-12H2,1H3,(H,20,23)(H,21,22). The molecule has 2 aromatic rings. The number of ether oxygens (including phenoxy) is 1.